The van der Waals surface area contributed by atoms with Crippen LogP contribution in [0.1, 0.15) is 20.3 Å². The Hall–Kier alpha value is -4.02. The van der Waals surface area contributed by atoms with Gasteiger partial charge in [-0.2, -0.15) is 0 Å². The number of benzene rings is 2. The molecule has 0 fully saturated rings. The molecule has 0 bridgehead atoms. The Labute approximate surface area is 194 Å². The zero-order valence-electron chi connectivity index (χ0n) is 18.5. The van der Waals surface area contributed by atoms with Crippen molar-refractivity contribution < 1.29 is 22.7 Å². The van der Waals surface area contributed by atoms with Crippen molar-refractivity contribution in [2.45, 2.75) is 26.3 Å². The van der Waals surface area contributed by atoms with E-state index in [1.165, 1.54) is 12.1 Å². The molecule has 1 unspecified atom stereocenters. The molecule has 4 rings (SSSR count). The lowest BCUT2D eigenvalue weighted by atomic mass is 10.1. The fraction of sp³-hybridized carbons (Fsp3) is 0.261. The molecule has 4 N–H and O–H groups in total. The summed E-state index contributed by atoms with van der Waals surface area (Å²) in [6, 6.07) is 5.89. The second-order valence-corrected chi connectivity index (χ2v) is 7.80. The summed E-state index contributed by atoms with van der Waals surface area (Å²) in [5, 5.41) is 4.93. The molecule has 34 heavy (non-hydrogen) atoms. The summed E-state index contributed by atoms with van der Waals surface area (Å²) < 4.78 is 49.3. The third-order valence-corrected chi connectivity index (χ3v) is 5.54. The Bertz CT molecular complexity index is 1240. The van der Waals surface area contributed by atoms with Gasteiger partial charge in [0.1, 0.15) is 18.1 Å². The summed E-state index contributed by atoms with van der Waals surface area (Å²) in [5.41, 5.74) is 5.77. The standard InChI is InChI=1S/C23H23F3N6O2/c1-3-12(2)32-6-7-34-21-16(25)8-13(9-19(21)32)20-17(26)11-28-23(31-20)29-14-4-5-18(15(24)10-14)30-22(27)33/h4-5,8-12H,3,6-7H2,1-2H3,(H3,27,30,33)(H,28,29,31). The van der Waals surface area contributed by atoms with Crippen molar-refractivity contribution in [3.8, 4) is 17.0 Å². The van der Waals surface area contributed by atoms with Gasteiger partial charge in [0.05, 0.1) is 24.1 Å². The lowest BCUT2D eigenvalue weighted by Crippen LogP contribution is -2.39. The molecule has 11 heteroatoms. The normalized spacial score (nSPS) is 13.6. The van der Waals surface area contributed by atoms with E-state index in [9.17, 15) is 18.0 Å². The van der Waals surface area contributed by atoms with Crippen molar-refractivity contribution in [1.29, 1.82) is 0 Å². The van der Waals surface area contributed by atoms with Gasteiger partial charge in [-0.05, 0) is 43.7 Å². The summed E-state index contributed by atoms with van der Waals surface area (Å²) in [6.45, 7) is 4.99. The highest BCUT2D eigenvalue weighted by Crippen LogP contribution is 2.39. The van der Waals surface area contributed by atoms with Crippen molar-refractivity contribution in [2.75, 3.05) is 28.7 Å². The number of urea groups is 1. The van der Waals surface area contributed by atoms with Gasteiger partial charge < -0.3 is 26.0 Å². The summed E-state index contributed by atoms with van der Waals surface area (Å²) in [6.07, 6.45) is 1.79. The maximum Gasteiger partial charge on any atom is 0.316 e. The summed E-state index contributed by atoms with van der Waals surface area (Å²) in [7, 11) is 0. The van der Waals surface area contributed by atoms with E-state index in [1.54, 1.807) is 6.07 Å². The summed E-state index contributed by atoms with van der Waals surface area (Å²) >= 11 is 0. The van der Waals surface area contributed by atoms with E-state index in [-0.39, 0.29) is 40.4 Å². The zero-order valence-corrected chi connectivity index (χ0v) is 18.5. The highest BCUT2D eigenvalue weighted by molar-refractivity contribution is 5.88. The Morgan fingerprint density at radius 1 is 1.21 bits per heavy atom. The van der Waals surface area contributed by atoms with E-state index < -0.39 is 23.5 Å². The molecule has 1 aromatic heterocycles. The molecular formula is C23H23F3N6O2. The number of primary amides is 1. The van der Waals surface area contributed by atoms with E-state index >= 15 is 0 Å². The topological polar surface area (TPSA) is 105 Å². The number of nitrogens with two attached hydrogens (primary N) is 1. The van der Waals surface area contributed by atoms with Crippen LogP contribution in [0.4, 0.5) is 41.0 Å². The van der Waals surface area contributed by atoms with Gasteiger partial charge in [-0.1, -0.05) is 6.92 Å². The molecule has 178 valence electrons. The molecule has 1 aliphatic rings. The SMILES string of the molecule is CCC(C)N1CCOc2c(F)cc(-c3nc(Nc4ccc(NC(N)=O)c(F)c4)ncc3F)cc21. The van der Waals surface area contributed by atoms with Crippen LogP contribution in [0.15, 0.2) is 36.5 Å². The number of nitrogens with zero attached hydrogens (tertiary/aromatic N) is 3. The largest absolute Gasteiger partial charge is 0.486 e. The molecule has 0 saturated heterocycles. The van der Waals surface area contributed by atoms with Crippen molar-refractivity contribution in [3.63, 3.8) is 0 Å². The molecule has 0 aliphatic carbocycles. The van der Waals surface area contributed by atoms with E-state index in [4.69, 9.17) is 10.5 Å². The first kappa shape index (κ1) is 23.1. The van der Waals surface area contributed by atoms with Crippen LogP contribution in [0.25, 0.3) is 11.3 Å². The Kier molecular flexibility index (Phi) is 6.44. The van der Waals surface area contributed by atoms with E-state index in [1.807, 2.05) is 18.7 Å². The Morgan fingerprint density at radius 2 is 2.00 bits per heavy atom. The summed E-state index contributed by atoms with van der Waals surface area (Å²) in [5.74, 6) is -2.01. The number of hydrogen-bond donors (Lipinski definition) is 3. The zero-order chi connectivity index (χ0) is 24.4. The van der Waals surface area contributed by atoms with Gasteiger partial charge in [0.25, 0.3) is 0 Å². The minimum absolute atomic E-state index is 0.0282. The van der Waals surface area contributed by atoms with E-state index in [2.05, 4.69) is 20.6 Å². The molecule has 8 nitrogen and oxygen atoms in total. The first-order chi connectivity index (χ1) is 16.3. The molecule has 1 aliphatic heterocycles. The maximum atomic E-state index is 14.9. The molecule has 2 aromatic carbocycles. The first-order valence-electron chi connectivity index (χ1n) is 10.7. The van der Waals surface area contributed by atoms with Crippen molar-refractivity contribution >= 4 is 29.0 Å². The van der Waals surface area contributed by atoms with Crippen LogP contribution in [0.5, 0.6) is 5.75 Å². The van der Waals surface area contributed by atoms with E-state index in [0.29, 0.717) is 18.8 Å². The van der Waals surface area contributed by atoms with Crippen molar-refractivity contribution in [2.24, 2.45) is 5.73 Å². The van der Waals surface area contributed by atoms with Gasteiger partial charge in [0.15, 0.2) is 17.4 Å². The number of hydrogen-bond acceptors (Lipinski definition) is 6. The van der Waals surface area contributed by atoms with Crippen LogP contribution < -0.4 is 26.0 Å². The number of nitrogens with one attached hydrogen (secondary N) is 2. The molecule has 0 saturated carbocycles. The average Bonchev–Trinajstić information content (AvgIpc) is 2.81. The highest BCUT2D eigenvalue weighted by atomic mass is 19.1. The molecule has 2 heterocycles. The molecular weight excluding hydrogens is 449 g/mol. The van der Waals surface area contributed by atoms with Gasteiger partial charge in [-0.3, -0.25) is 0 Å². The Balaban J connectivity index is 1.67. The monoisotopic (exact) mass is 472 g/mol. The minimum Gasteiger partial charge on any atom is -0.486 e. The van der Waals surface area contributed by atoms with Crippen LogP contribution in [-0.2, 0) is 0 Å². The van der Waals surface area contributed by atoms with Gasteiger partial charge in [0.2, 0.25) is 5.95 Å². The van der Waals surface area contributed by atoms with E-state index in [0.717, 1.165) is 24.8 Å². The number of aromatic nitrogens is 2. The molecule has 1 atom stereocenters. The third kappa shape index (κ3) is 4.68. The van der Waals surface area contributed by atoms with Crippen LogP contribution in [-0.4, -0.2) is 35.2 Å². The molecule has 3 aromatic rings. The molecule has 0 radical (unpaired) electrons. The van der Waals surface area contributed by atoms with Crippen molar-refractivity contribution in [1.82, 2.24) is 9.97 Å². The fourth-order valence-electron chi connectivity index (χ4n) is 3.70. The van der Waals surface area contributed by atoms with Gasteiger partial charge >= 0.3 is 6.03 Å². The third-order valence-electron chi connectivity index (χ3n) is 5.54. The predicted octanol–water partition coefficient (Wildman–Crippen LogP) is 4.79. The predicted molar refractivity (Wildman–Crippen MR) is 123 cm³/mol. The number of fused-ring (bicyclic) bond motifs is 1. The van der Waals surface area contributed by atoms with Crippen LogP contribution in [0.3, 0.4) is 0 Å². The number of halogens is 3. The lowest BCUT2D eigenvalue weighted by Gasteiger charge is -2.36. The number of ether oxygens (including phenoxy) is 1. The van der Waals surface area contributed by atoms with Crippen LogP contribution in [0.2, 0.25) is 0 Å². The van der Waals surface area contributed by atoms with Gasteiger partial charge in [0, 0.05) is 17.3 Å². The first-order valence-corrected chi connectivity index (χ1v) is 10.7. The van der Waals surface area contributed by atoms with Gasteiger partial charge in [-0.15, -0.1) is 0 Å². The smallest absolute Gasteiger partial charge is 0.316 e. The number of carbonyl (C=O) groups is 1. The minimum atomic E-state index is -0.902. The quantitative estimate of drug-likeness (QED) is 0.476. The van der Waals surface area contributed by atoms with Crippen LogP contribution in [0, 0.1) is 17.5 Å². The van der Waals surface area contributed by atoms with Gasteiger partial charge in [-0.25, -0.2) is 27.9 Å². The number of amides is 2. The summed E-state index contributed by atoms with van der Waals surface area (Å²) in [4.78, 5) is 21.0. The Morgan fingerprint density at radius 3 is 2.71 bits per heavy atom. The lowest BCUT2D eigenvalue weighted by molar-refractivity contribution is 0.259. The van der Waals surface area contributed by atoms with Crippen molar-refractivity contribution in [3.05, 3.63) is 54.0 Å². The second kappa shape index (κ2) is 9.46. The second-order valence-electron chi connectivity index (χ2n) is 7.80. The molecule has 2 amide bonds. The maximum absolute atomic E-state index is 14.9. The number of carbonyl (C=O) groups excluding carboxylic acids is 1. The van der Waals surface area contributed by atoms with Crippen LogP contribution >= 0.6 is 0 Å². The number of anilines is 4. The highest BCUT2D eigenvalue weighted by Gasteiger charge is 2.26. The fourth-order valence-corrected chi connectivity index (χ4v) is 3.70. The number of rotatable bonds is 6. The molecule has 0 spiro atoms. The average molecular weight is 472 g/mol.